The van der Waals surface area contributed by atoms with Crippen LogP contribution in [-0.2, 0) is 15.1 Å². The summed E-state index contributed by atoms with van der Waals surface area (Å²) in [5.74, 6) is 0.367. The number of ether oxygens (including phenoxy) is 2. The summed E-state index contributed by atoms with van der Waals surface area (Å²) >= 11 is 6.00. The van der Waals surface area contributed by atoms with Crippen LogP contribution in [0.1, 0.15) is 12.0 Å². The molecule has 4 heteroatoms. The number of hydrogen-bond donors (Lipinski definition) is 0. The van der Waals surface area contributed by atoms with Gasteiger partial charge in [-0.15, -0.1) is 0 Å². The Labute approximate surface area is 156 Å². The lowest BCUT2D eigenvalue weighted by Crippen LogP contribution is -2.33. The highest BCUT2D eigenvalue weighted by molar-refractivity contribution is 6.30. The number of cyclic esters (lactones) is 1. The van der Waals surface area contributed by atoms with Crippen molar-refractivity contribution in [3.8, 4) is 5.75 Å². The number of carbonyl (C=O) groups is 1. The number of hydrogen-bond acceptors (Lipinski definition) is 3. The number of halogens is 1. The molecular weight excluding hydrogens is 348 g/mol. The highest BCUT2D eigenvalue weighted by Crippen LogP contribution is 2.40. The summed E-state index contributed by atoms with van der Waals surface area (Å²) < 4.78 is 11.9. The highest BCUT2D eigenvalue weighted by atomic mass is 35.5. The maximum Gasteiger partial charge on any atom is 0.334 e. The van der Waals surface area contributed by atoms with Gasteiger partial charge in [-0.2, -0.15) is 0 Å². The molecule has 3 aromatic rings. The van der Waals surface area contributed by atoms with Crippen LogP contribution in [0, 0.1) is 0 Å². The first-order chi connectivity index (χ1) is 12.6. The normalized spacial score (nSPS) is 19.6. The van der Waals surface area contributed by atoms with Crippen molar-refractivity contribution >= 4 is 28.3 Å². The number of fused-ring (bicyclic) bond motifs is 1. The predicted molar refractivity (Wildman–Crippen MR) is 102 cm³/mol. The minimum absolute atomic E-state index is 0.202. The summed E-state index contributed by atoms with van der Waals surface area (Å²) in [7, 11) is 0. The quantitative estimate of drug-likeness (QED) is 0.467. The van der Waals surface area contributed by atoms with Gasteiger partial charge in [0.2, 0.25) is 0 Å². The number of benzene rings is 3. The molecule has 0 bridgehead atoms. The topological polar surface area (TPSA) is 35.5 Å². The maximum absolute atomic E-state index is 12.1. The molecule has 1 unspecified atom stereocenters. The zero-order valence-corrected chi connectivity index (χ0v) is 14.8. The van der Waals surface area contributed by atoms with Crippen LogP contribution in [0.25, 0.3) is 10.8 Å². The Morgan fingerprint density at radius 1 is 1.04 bits per heavy atom. The highest BCUT2D eigenvalue weighted by Gasteiger charge is 2.45. The second-order valence-corrected chi connectivity index (χ2v) is 6.87. The van der Waals surface area contributed by atoms with Crippen LogP contribution < -0.4 is 4.74 Å². The van der Waals surface area contributed by atoms with Crippen molar-refractivity contribution in [2.45, 2.75) is 12.0 Å². The molecule has 1 saturated heterocycles. The third-order valence-electron chi connectivity index (χ3n) is 4.66. The number of carbonyl (C=O) groups excluding carboxylic acids is 1. The smallest absolute Gasteiger partial charge is 0.334 e. The third kappa shape index (κ3) is 2.95. The minimum atomic E-state index is -0.893. The molecule has 0 aromatic heterocycles. The van der Waals surface area contributed by atoms with Crippen LogP contribution in [0.4, 0.5) is 0 Å². The van der Waals surface area contributed by atoms with E-state index < -0.39 is 5.60 Å². The zero-order valence-electron chi connectivity index (χ0n) is 14.1. The van der Waals surface area contributed by atoms with Gasteiger partial charge in [0.1, 0.15) is 12.4 Å². The molecule has 1 heterocycles. The van der Waals surface area contributed by atoms with Gasteiger partial charge in [0.15, 0.2) is 5.60 Å². The van der Waals surface area contributed by atoms with Crippen LogP contribution in [0.15, 0.2) is 78.9 Å². The van der Waals surface area contributed by atoms with Gasteiger partial charge in [-0.3, -0.25) is 0 Å². The molecule has 0 spiro atoms. The van der Waals surface area contributed by atoms with Crippen LogP contribution in [0.2, 0.25) is 5.02 Å². The summed E-state index contributed by atoms with van der Waals surface area (Å²) in [6, 6.07) is 21.2. The van der Waals surface area contributed by atoms with E-state index in [-0.39, 0.29) is 12.6 Å². The van der Waals surface area contributed by atoms with E-state index in [2.05, 4.69) is 6.58 Å². The van der Waals surface area contributed by atoms with E-state index in [0.717, 1.165) is 22.1 Å². The Bertz CT molecular complexity index is 970. The van der Waals surface area contributed by atoms with Gasteiger partial charge in [0, 0.05) is 22.4 Å². The molecule has 1 atom stereocenters. The van der Waals surface area contributed by atoms with Gasteiger partial charge in [0.25, 0.3) is 0 Å². The van der Waals surface area contributed by atoms with Gasteiger partial charge < -0.3 is 9.47 Å². The molecule has 0 amide bonds. The molecule has 0 radical (unpaired) electrons. The molecule has 3 aromatic carbocycles. The van der Waals surface area contributed by atoms with E-state index in [4.69, 9.17) is 21.1 Å². The van der Waals surface area contributed by atoms with E-state index >= 15 is 0 Å². The van der Waals surface area contributed by atoms with Gasteiger partial charge in [-0.1, -0.05) is 66.7 Å². The lowest BCUT2D eigenvalue weighted by molar-refractivity contribution is -0.150. The fourth-order valence-electron chi connectivity index (χ4n) is 3.30. The summed E-state index contributed by atoms with van der Waals surface area (Å²) in [5, 5.41) is 2.74. The standard InChI is InChI=1S/C22H17ClO3/c1-15-13-22(26-21(15)24,17-9-11-18(23)12-10-17)14-25-20-8-4-6-16-5-2-3-7-19(16)20/h2-12H,1,13-14H2. The van der Waals surface area contributed by atoms with E-state index in [1.807, 2.05) is 54.6 Å². The summed E-state index contributed by atoms with van der Waals surface area (Å²) in [5.41, 5.74) is 0.394. The average molecular weight is 365 g/mol. The van der Waals surface area contributed by atoms with Crippen molar-refractivity contribution in [1.82, 2.24) is 0 Å². The molecule has 0 aliphatic carbocycles. The molecule has 0 N–H and O–H groups in total. The monoisotopic (exact) mass is 364 g/mol. The van der Waals surface area contributed by atoms with Crippen molar-refractivity contribution < 1.29 is 14.3 Å². The first-order valence-electron chi connectivity index (χ1n) is 8.35. The van der Waals surface area contributed by atoms with Crippen LogP contribution in [0.3, 0.4) is 0 Å². The third-order valence-corrected chi connectivity index (χ3v) is 4.91. The van der Waals surface area contributed by atoms with Crippen LogP contribution >= 0.6 is 11.6 Å². The van der Waals surface area contributed by atoms with Crippen molar-refractivity contribution in [3.05, 3.63) is 89.5 Å². The van der Waals surface area contributed by atoms with Crippen LogP contribution in [-0.4, -0.2) is 12.6 Å². The molecule has 130 valence electrons. The fourth-order valence-corrected chi connectivity index (χ4v) is 3.42. The molecule has 0 saturated carbocycles. The second-order valence-electron chi connectivity index (χ2n) is 6.44. The van der Waals surface area contributed by atoms with Gasteiger partial charge in [-0.05, 0) is 29.1 Å². The van der Waals surface area contributed by atoms with E-state index in [1.54, 1.807) is 12.1 Å². The SMILES string of the molecule is C=C1CC(COc2cccc3ccccc23)(c2ccc(Cl)cc2)OC1=O. The summed E-state index contributed by atoms with van der Waals surface area (Å²) in [6.07, 6.45) is 0.387. The number of rotatable bonds is 4. The predicted octanol–water partition coefficient (Wildman–Crippen LogP) is 5.27. The maximum atomic E-state index is 12.1. The van der Waals surface area contributed by atoms with Crippen LogP contribution in [0.5, 0.6) is 5.75 Å². The van der Waals surface area contributed by atoms with Crippen molar-refractivity contribution in [2.75, 3.05) is 6.61 Å². The van der Waals surface area contributed by atoms with E-state index in [1.165, 1.54) is 0 Å². The lowest BCUT2D eigenvalue weighted by Gasteiger charge is -2.28. The first kappa shape index (κ1) is 16.7. The van der Waals surface area contributed by atoms with E-state index in [0.29, 0.717) is 17.0 Å². The Morgan fingerprint density at radius 3 is 2.50 bits per heavy atom. The minimum Gasteiger partial charge on any atom is -0.488 e. The zero-order chi connectivity index (χ0) is 18.1. The fraction of sp³-hybridized carbons (Fsp3) is 0.136. The van der Waals surface area contributed by atoms with Gasteiger partial charge in [-0.25, -0.2) is 4.79 Å². The van der Waals surface area contributed by atoms with Gasteiger partial charge in [0.05, 0.1) is 0 Å². The molecule has 26 heavy (non-hydrogen) atoms. The van der Waals surface area contributed by atoms with Crippen molar-refractivity contribution in [3.63, 3.8) is 0 Å². The average Bonchev–Trinajstić information content (AvgIpc) is 2.95. The largest absolute Gasteiger partial charge is 0.488 e. The molecule has 4 rings (SSSR count). The summed E-state index contributed by atoms with van der Waals surface area (Å²) in [4.78, 5) is 12.1. The lowest BCUT2D eigenvalue weighted by atomic mass is 9.90. The molecule has 1 aliphatic heterocycles. The van der Waals surface area contributed by atoms with E-state index in [9.17, 15) is 4.79 Å². The first-order valence-corrected chi connectivity index (χ1v) is 8.73. The summed E-state index contributed by atoms with van der Waals surface area (Å²) in [6.45, 7) is 4.02. The molecule has 3 nitrogen and oxygen atoms in total. The van der Waals surface area contributed by atoms with Gasteiger partial charge >= 0.3 is 5.97 Å². The molecular formula is C22H17ClO3. The Morgan fingerprint density at radius 2 is 1.77 bits per heavy atom. The number of esters is 1. The Kier molecular flexibility index (Phi) is 4.17. The molecule has 1 aliphatic rings. The second kappa shape index (κ2) is 6.50. The van der Waals surface area contributed by atoms with Crippen molar-refractivity contribution in [2.24, 2.45) is 0 Å². The Balaban J connectivity index is 1.68. The van der Waals surface area contributed by atoms with Crippen molar-refractivity contribution in [1.29, 1.82) is 0 Å². The molecule has 1 fully saturated rings. The Hall–Kier alpha value is -2.78.